The molecule has 3 nitrogen and oxygen atoms in total. The summed E-state index contributed by atoms with van der Waals surface area (Å²) in [5, 5.41) is 3.27. The largest absolute Gasteiger partial charge is 0.337 e. The minimum Gasteiger partial charge on any atom is -0.337 e. The van der Waals surface area contributed by atoms with Gasteiger partial charge in [0.2, 0.25) is 5.91 Å². The molecule has 0 spiro atoms. The molecule has 1 aromatic carbocycles. The van der Waals surface area contributed by atoms with Gasteiger partial charge in [-0.15, -0.1) is 0 Å². The molecule has 0 aromatic heterocycles. The third kappa shape index (κ3) is 3.10. The molecule has 1 atom stereocenters. The molecule has 2 rings (SSSR count). The first-order chi connectivity index (χ1) is 8.70. The van der Waals surface area contributed by atoms with Crippen molar-refractivity contribution in [3.8, 4) is 0 Å². The molecule has 0 saturated carbocycles. The lowest BCUT2D eigenvalue weighted by atomic mass is 10.0. The van der Waals surface area contributed by atoms with Crippen molar-refractivity contribution >= 4 is 5.91 Å². The molecule has 1 amide bonds. The van der Waals surface area contributed by atoms with Gasteiger partial charge in [-0.1, -0.05) is 36.8 Å². The zero-order valence-corrected chi connectivity index (χ0v) is 11.3. The van der Waals surface area contributed by atoms with E-state index in [0.29, 0.717) is 0 Å². The molecular formula is C15H22N2O. The highest BCUT2D eigenvalue weighted by Crippen LogP contribution is 2.15. The molecule has 3 heteroatoms. The summed E-state index contributed by atoms with van der Waals surface area (Å²) in [4.78, 5) is 14.2. The van der Waals surface area contributed by atoms with Crippen molar-refractivity contribution in [2.24, 2.45) is 0 Å². The van der Waals surface area contributed by atoms with Crippen LogP contribution >= 0.6 is 0 Å². The van der Waals surface area contributed by atoms with Crippen LogP contribution in [-0.4, -0.2) is 29.9 Å². The smallest absolute Gasteiger partial charge is 0.240 e. The molecule has 1 fully saturated rings. The summed E-state index contributed by atoms with van der Waals surface area (Å²) in [6.07, 6.45) is 2.06. The molecule has 1 heterocycles. The number of nitrogens with zero attached hydrogens (tertiary/aromatic N) is 1. The van der Waals surface area contributed by atoms with E-state index in [-0.39, 0.29) is 11.9 Å². The van der Waals surface area contributed by atoms with Crippen LogP contribution in [0.4, 0.5) is 0 Å². The Morgan fingerprint density at radius 2 is 2.06 bits per heavy atom. The zero-order valence-electron chi connectivity index (χ0n) is 11.3. The fourth-order valence-corrected chi connectivity index (χ4v) is 2.45. The standard InChI is InChI=1S/C15H22N2O/c1-3-16-14-5-4-10-17(15(14)18)11-13-8-6-12(2)7-9-13/h6-9,14,16H,3-5,10-11H2,1-2H3. The highest BCUT2D eigenvalue weighted by Gasteiger charge is 2.27. The number of carbonyl (C=O) groups excluding carboxylic acids is 1. The van der Waals surface area contributed by atoms with Gasteiger partial charge < -0.3 is 10.2 Å². The monoisotopic (exact) mass is 246 g/mol. The van der Waals surface area contributed by atoms with Gasteiger partial charge in [0, 0.05) is 13.1 Å². The number of likely N-dealkylation sites (N-methyl/N-ethyl adjacent to an activating group) is 1. The summed E-state index contributed by atoms with van der Waals surface area (Å²) in [6, 6.07) is 8.45. The van der Waals surface area contributed by atoms with E-state index in [2.05, 4.69) is 36.5 Å². The Morgan fingerprint density at radius 3 is 2.72 bits per heavy atom. The minimum atomic E-state index is 0.0224. The topological polar surface area (TPSA) is 32.3 Å². The lowest BCUT2D eigenvalue weighted by Gasteiger charge is -2.32. The van der Waals surface area contributed by atoms with Crippen LogP contribution < -0.4 is 5.32 Å². The summed E-state index contributed by atoms with van der Waals surface area (Å²) in [5.74, 6) is 0.253. The second-order valence-electron chi connectivity index (χ2n) is 5.00. The van der Waals surface area contributed by atoms with Crippen molar-refractivity contribution < 1.29 is 4.79 Å². The van der Waals surface area contributed by atoms with Crippen LogP contribution in [0.2, 0.25) is 0 Å². The first-order valence-corrected chi connectivity index (χ1v) is 6.78. The number of rotatable bonds is 4. The minimum absolute atomic E-state index is 0.0224. The molecule has 1 aliphatic rings. The number of nitrogens with one attached hydrogen (secondary N) is 1. The van der Waals surface area contributed by atoms with Crippen LogP contribution in [0.15, 0.2) is 24.3 Å². The van der Waals surface area contributed by atoms with E-state index < -0.39 is 0 Å². The Hall–Kier alpha value is -1.35. The van der Waals surface area contributed by atoms with Crippen LogP contribution in [-0.2, 0) is 11.3 Å². The number of aryl methyl sites for hydroxylation is 1. The number of piperidine rings is 1. The third-order valence-electron chi connectivity index (χ3n) is 3.48. The maximum Gasteiger partial charge on any atom is 0.240 e. The van der Waals surface area contributed by atoms with Crippen LogP contribution in [0, 0.1) is 6.92 Å². The van der Waals surface area contributed by atoms with Crippen LogP contribution in [0.5, 0.6) is 0 Å². The molecule has 1 aromatic rings. The van der Waals surface area contributed by atoms with E-state index in [9.17, 15) is 4.79 Å². The predicted molar refractivity (Wildman–Crippen MR) is 73.3 cm³/mol. The van der Waals surface area contributed by atoms with Gasteiger partial charge in [-0.3, -0.25) is 4.79 Å². The Bertz CT molecular complexity index is 397. The lowest BCUT2D eigenvalue weighted by Crippen LogP contribution is -2.50. The van der Waals surface area contributed by atoms with Gasteiger partial charge in [0.15, 0.2) is 0 Å². The number of carbonyl (C=O) groups is 1. The van der Waals surface area contributed by atoms with E-state index in [4.69, 9.17) is 0 Å². The van der Waals surface area contributed by atoms with Crippen molar-refractivity contribution in [3.05, 3.63) is 35.4 Å². The quantitative estimate of drug-likeness (QED) is 0.882. The summed E-state index contributed by atoms with van der Waals surface area (Å²) < 4.78 is 0. The summed E-state index contributed by atoms with van der Waals surface area (Å²) in [7, 11) is 0. The van der Waals surface area contributed by atoms with Crippen LogP contribution in [0.3, 0.4) is 0 Å². The number of amides is 1. The molecule has 1 saturated heterocycles. The normalized spacial score (nSPS) is 20.2. The zero-order chi connectivity index (χ0) is 13.0. The molecule has 18 heavy (non-hydrogen) atoms. The molecule has 1 N–H and O–H groups in total. The first kappa shape index (κ1) is 13.1. The summed E-state index contributed by atoms with van der Waals surface area (Å²) in [6.45, 7) is 6.60. The van der Waals surface area contributed by atoms with E-state index in [1.54, 1.807) is 0 Å². The SMILES string of the molecule is CCNC1CCCN(Cc2ccc(C)cc2)C1=O. The highest BCUT2D eigenvalue weighted by molar-refractivity contribution is 5.82. The number of hydrogen-bond donors (Lipinski definition) is 1. The average molecular weight is 246 g/mol. The van der Waals surface area contributed by atoms with Crippen LogP contribution in [0.1, 0.15) is 30.9 Å². The Morgan fingerprint density at radius 1 is 1.33 bits per heavy atom. The Kier molecular flexibility index (Phi) is 4.37. The second kappa shape index (κ2) is 6.01. The van der Waals surface area contributed by atoms with Crippen molar-refractivity contribution in [3.63, 3.8) is 0 Å². The third-order valence-corrected chi connectivity index (χ3v) is 3.48. The van der Waals surface area contributed by atoms with E-state index in [1.807, 2.05) is 11.8 Å². The van der Waals surface area contributed by atoms with Crippen molar-refractivity contribution in [1.82, 2.24) is 10.2 Å². The number of hydrogen-bond acceptors (Lipinski definition) is 2. The van der Waals surface area contributed by atoms with Gasteiger partial charge in [-0.05, 0) is 31.9 Å². The van der Waals surface area contributed by atoms with Gasteiger partial charge in [0.25, 0.3) is 0 Å². The van der Waals surface area contributed by atoms with Crippen LogP contribution in [0.25, 0.3) is 0 Å². The fourth-order valence-electron chi connectivity index (χ4n) is 2.45. The summed E-state index contributed by atoms with van der Waals surface area (Å²) in [5.41, 5.74) is 2.47. The fraction of sp³-hybridized carbons (Fsp3) is 0.533. The molecule has 1 aliphatic heterocycles. The van der Waals surface area contributed by atoms with Gasteiger partial charge in [-0.2, -0.15) is 0 Å². The van der Waals surface area contributed by atoms with Gasteiger partial charge in [0.1, 0.15) is 0 Å². The average Bonchev–Trinajstić information content (AvgIpc) is 2.37. The first-order valence-electron chi connectivity index (χ1n) is 6.78. The highest BCUT2D eigenvalue weighted by atomic mass is 16.2. The number of benzene rings is 1. The molecule has 0 radical (unpaired) electrons. The maximum atomic E-state index is 12.3. The summed E-state index contributed by atoms with van der Waals surface area (Å²) >= 11 is 0. The maximum absolute atomic E-state index is 12.3. The van der Waals surface area contributed by atoms with Crippen molar-refractivity contribution in [2.75, 3.05) is 13.1 Å². The predicted octanol–water partition coefficient (Wildman–Crippen LogP) is 2.10. The number of likely N-dealkylation sites (tertiary alicyclic amines) is 1. The van der Waals surface area contributed by atoms with E-state index >= 15 is 0 Å². The molecule has 0 bridgehead atoms. The van der Waals surface area contributed by atoms with Gasteiger partial charge >= 0.3 is 0 Å². The van der Waals surface area contributed by atoms with Gasteiger partial charge in [0.05, 0.1) is 6.04 Å². The molecule has 0 aliphatic carbocycles. The second-order valence-corrected chi connectivity index (χ2v) is 5.00. The molecule has 98 valence electrons. The van der Waals surface area contributed by atoms with E-state index in [1.165, 1.54) is 11.1 Å². The Labute approximate surface area is 109 Å². The lowest BCUT2D eigenvalue weighted by molar-refractivity contribution is -0.136. The molecule has 1 unspecified atom stereocenters. The van der Waals surface area contributed by atoms with Crippen molar-refractivity contribution in [2.45, 2.75) is 39.3 Å². The van der Waals surface area contributed by atoms with Gasteiger partial charge in [-0.25, -0.2) is 0 Å². The van der Waals surface area contributed by atoms with E-state index in [0.717, 1.165) is 32.5 Å². The molecular weight excluding hydrogens is 224 g/mol. The van der Waals surface area contributed by atoms with Crippen molar-refractivity contribution in [1.29, 1.82) is 0 Å². The Balaban J connectivity index is 2.00.